The first kappa shape index (κ1) is 48.8. The van der Waals surface area contributed by atoms with Gasteiger partial charge in [-0.1, -0.05) is 54.5 Å². The van der Waals surface area contributed by atoms with Crippen LogP contribution in [0.1, 0.15) is 95.4 Å². The Morgan fingerprint density at radius 1 is 0.738 bits per heavy atom. The van der Waals surface area contributed by atoms with Crippen LogP contribution in [0.3, 0.4) is 0 Å². The Labute approximate surface area is 355 Å². The SMILES string of the molecule is CC(=O)OC1C(OC(=O)CC(C)C)C(OC(C)=O)C2(C)C(OC(=O)COC(=O)CC(C)C)C=CC(COC(=O)CC(C)C)=CC3OC(=O)C(C)C3(O)C(OC(C)=O)C2C12CO2. The topological polar surface area (TPSA) is 243 Å². The lowest BCUT2D eigenvalue weighted by Gasteiger charge is -2.59. The number of fused-ring (bicyclic) bond motifs is 3. The molecule has 0 amide bonds. The fourth-order valence-electron chi connectivity index (χ4n) is 8.53. The molecular weight excluding hydrogens is 804 g/mol. The zero-order valence-corrected chi connectivity index (χ0v) is 36.7. The Hall–Kier alpha value is -4.84. The van der Waals surface area contributed by atoms with Gasteiger partial charge in [0.1, 0.15) is 24.4 Å². The van der Waals surface area contributed by atoms with Crippen molar-refractivity contribution in [2.45, 2.75) is 143 Å². The van der Waals surface area contributed by atoms with Crippen LogP contribution in [0.4, 0.5) is 0 Å². The van der Waals surface area contributed by atoms with Gasteiger partial charge in [-0.15, -0.1) is 0 Å². The lowest BCUT2D eigenvalue weighted by atomic mass is 9.51. The van der Waals surface area contributed by atoms with Crippen LogP contribution in [-0.4, -0.2) is 121 Å². The second-order valence-corrected chi connectivity index (χ2v) is 17.7. The molecule has 2 heterocycles. The summed E-state index contributed by atoms with van der Waals surface area (Å²) >= 11 is 0. The van der Waals surface area contributed by atoms with Crippen LogP contribution in [0, 0.1) is 35.0 Å². The van der Waals surface area contributed by atoms with E-state index < -0.39 is 126 Å². The highest BCUT2D eigenvalue weighted by atomic mass is 16.7. The van der Waals surface area contributed by atoms with Gasteiger partial charge < -0.3 is 47.7 Å². The standard InChI is InChI=1S/C43H60O18/c1-21(2)14-31(47)53-18-28-12-13-29(59-34(50)19-54-32(48)15-22(3)4)41(11)36(39(58-27(10)46)43(52)24(7)40(51)60-30(43)17-28)42(20-55-42)38(57-26(9)45)35(37(41)56-25(8)44)61-33(49)16-23(5)6/h12-13,17,21-24,29-30,35-39,52H,14-16,18-20H2,1-11H3. The van der Waals surface area contributed by atoms with Crippen LogP contribution in [0.5, 0.6) is 0 Å². The fraction of sp³-hybridized carbons (Fsp3) is 0.721. The zero-order chi connectivity index (χ0) is 45.8. The summed E-state index contributed by atoms with van der Waals surface area (Å²) in [5, 5.41) is 13.1. The molecule has 0 radical (unpaired) electrons. The van der Waals surface area contributed by atoms with Gasteiger partial charge in [-0.2, -0.15) is 0 Å². The molecule has 11 atom stereocenters. The molecule has 2 aliphatic heterocycles. The van der Waals surface area contributed by atoms with E-state index in [1.54, 1.807) is 27.7 Å². The normalized spacial score (nSPS) is 32.8. The van der Waals surface area contributed by atoms with E-state index >= 15 is 0 Å². The number of esters is 8. The number of hydrogen-bond acceptors (Lipinski definition) is 18. The molecule has 4 rings (SSSR count). The van der Waals surface area contributed by atoms with E-state index in [0.717, 1.165) is 20.8 Å². The lowest BCUT2D eigenvalue weighted by Crippen LogP contribution is -2.76. The average Bonchev–Trinajstić information content (AvgIpc) is 3.88. The van der Waals surface area contributed by atoms with Crippen molar-refractivity contribution >= 4 is 47.8 Å². The largest absolute Gasteiger partial charge is 0.461 e. The Morgan fingerprint density at radius 2 is 1.25 bits per heavy atom. The third kappa shape index (κ3) is 11.0. The minimum Gasteiger partial charge on any atom is -0.461 e. The van der Waals surface area contributed by atoms with E-state index in [2.05, 4.69) is 0 Å². The number of rotatable bonds is 15. The third-order valence-electron chi connectivity index (χ3n) is 11.2. The molecule has 18 heteroatoms. The number of hydrogen-bond donors (Lipinski definition) is 1. The predicted octanol–water partition coefficient (Wildman–Crippen LogP) is 3.02. The van der Waals surface area contributed by atoms with Crippen molar-refractivity contribution in [3.63, 3.8) is 0 Å². The van der Waals surface area contributed by atoms with Crippen LogP contribution in [-0.2, 0) is 81.0 Å². The van der Waals surface area contributed by atoms with Gasteiger partial charge in [0, 0.05) is 46.0 Å². The Kier molecular flexibility index (Phi) is 15.6. The van der Waals surface area contributed by atoms with Crippen molar-refractivity contribution in [3.8, 4) is 0 Å². The highest BCUT2D eigenvalue weighted by Crippen LogP contribution is 2.63. The maximum atomic E-state index is 13.9. The van der Waals surface area contributed by atoms with Crippen LogP contribution in [0.15, 0.2) is 23.8 Å². The summed E-state index contributed by atoms with van der Waals surface area (Å²) in [4.78, 5) is 106. The lowest BCUT2D eigenvalue weighted by molar-refractivity contribution is -0.279. The Balaban J connectivity index is 2.10. The van der Waals surface area contributed by atoms with Gasteiger partial charge in [0.05, 0.1) is 17.9 Å². The maximum absolute atomic E-state index is 13.9. The summed E-state index contributed by atoms with van der Waals surface area (Å²) in [5.74, 6) is -10.3. The van der Waals surface area contributed by atoms with Crippen molar-refractivity contribution in [2.24, 2.45) is 35.0 Å². The number of aliphatic hydroxyl groups is 1. The highest BCUT2D eigenvalue weighted by molar-refractivity contribution is 5.79. The fourth-order valence-corrected chi connectivity index (χ4v) is 8.53. The van der Waals surface area contributed by atoms with Crippen LogP contribution < -0.4 is 0 Å². The molecule has 0 bridgehead atoms. The zero-order valence-electron chi connectivity index (χ0n) is 36.7. The monoisotopic (exact) mass is 864 g/mol. The molecule has 3 fully saturated rings. The van der Waals surface area contributed by atoms with Crippen molar-refractivity contribution in [1.82, 2.24) is 0 Å². The molecule has 1 saturated carbocycles. The quantitative estimate of drug-likeness (QED) is 0.141. The summed E-state index contributed by atoms with van der Waals surface area (Å²) in [6, 6.07) is 0. The predicted molar refractivity (Wildman–Crippen MR) is 208 cm³/mol. The molecule has 0 aromatic carbocycles. The smallest absolute Gasteiger partial charge is 0.344 e. The van der Waals surface area contributed by atoms with Gasteiger partial charge in [-0.3, -0.25) is 33.6 Å². The molecule has 2 saturated heterocycles. The summed E-state index contributed by atoms with van der Waals surface area (Å²) in [6.45, 7) is 15.0. The molecule has 1 N–H and O–H groups in total. The van der Waals surface area contributed by atoms with E-state index in [1.807, 2.05) is 13.8 Å². The molecule has 340 valence electrons. The molecule has 61 heavy (non-hydrogen) atoms. The number of ether oxygens (including phenoxy) is 9. The second kappa shape index (κ2) is 19.5. The first-order valence-corrected chi connectivity index (χ1v) is 20.5. The average molecular weight is 865 g/mol. The second-order valence-electron chi connectivity index (χ2n) is 17.7. The Bertz CT molecular complexity index is 1770. The number of carbonyl (C=O) groups is 8. The third-order valence-corrected chi connectivity index (χ3v) is 11.2. The molecule has 18 nitrogen and oxygen atoms in total. The molecule has 11 unspecified atom stereocenters. The van der Waals surface area contributed by atoms with E-state index in [-0.39, 0.29) is 49.2 Å². The maximum Gasteiger partial charge on any atom is 0.344 e. The van der Waals surface area contributed by atoms with Crippen molar-refractivity contribution < 1.29 is 86.1 Å². The summed E-state index contributed by atoms with van der Waals surface area (Å²) < 4.78 is 52.9. The molecular formula is C43H60O18. The van der Waals surface area contributed by atoms with Crippen molar-refractivity contribution in [1.29, 1.82) is 0 Å². The van der Waals surface area contributed by atoms with Crippen LogP contribution in [0.25, 0.3) is 0 Å². The molecule has 0 aromatic heterocycles. The van der Waals surface area contributed by atoms with E-state index in [1.165, 1.54) is 32.1 Å². The molecule has 0 aromatic rings. The van der Waals surface area contributed by atoms with Gasteiger partial charge in [-0.05, 0) is 42.4 Å². The number of epoxide rings is 1. The minimum atomic E-state index is -2.52. The van der Waals surface area contributed by atoms with E-state index in [0.29, 0.717) is 0 Å². The van der Waals surface area contributed by atoms with Gasteiger partial charge in [0.2, 0.25) is 0 Å². The Morgan fingerprint density at radius 3 is 1.77 bits per heavy atom. The van der Waals surface area contributed by atoms with Gasteiger partial charge in [0.25, 0.3) is 0 Å². The van der Waals surface area contributed by atoms with E-state index in [9.17, 15) is 43.5 Å². The first-order valence-electron chi connectivity index (χ1n) is 20.5. The van der Waals surface area contributed by atoms with Gasteiger partial charge in [0.15, 0.2) is 36.6 Å². The molecule has 1 spiro atoms. The van der Waals surface area contributed by atoms with Crippen LogP contribution >= 0.6 is 0 Å². The summed E-state index contributed by atoms with van der Waals surface area (Å²) in [6.07, 6.45) is -6.38. The summed E-state index contributed by atoms with van der Waals surface area (Å²) in [5.41, 5.74) is -6.33. The highest BCUT2D eigenvalue weighted by Gasteiger charge is 2.81. The van der Waals surface area contributed by atoms with Crippen molar-refractivity contribution in [3.05, 3.63) is 23.8 Å². The van der Waals surface area contributed by atoms with Gasteiger partial charge >= 0.3 is 47.8 Å². The molecule has 4 aliphatic rings. The van der Waals surface area contributed by atoms with Crippen molar-refractivity contribution in [2.75, 3.05) is 19.8 Å². The van der Waals surface area contributed by atoms with Crippen LogP contribution in [0.2, 0.25) is 0 Å². The van der Waals surface area contributed by atoms with Gasteiger partial charge in [-0.25, -0.2) is 4.79 Å². The summed E-state index contributed by atoms with van der Waals surface area (Å²) in [7, 11) is 0. The first-order chi connectivity index (χ1) is 28.4. The van der Waals surface area contributed by atoms with E-state index in [4.69, 9.17) is 42.6 Å². The number of carbonyl (C=O) groups excluding carboxylic acids is 8. The molecule has 2 aliphatic carbocycles. The minimum absolute atomic E-state index is 0.0157.